The molecule has 0 N–H and O–H groups in total. The summed E-state index contributed by atoms with van der Waals surface area (Å²) < 4.78 is 0. The number of hydrogen-bond acceptors (Lipinski definition) is 12. The first-order chi connectivity index (χ1) is 21.8. The van der Waals surface area contributed by atoms with E-state index in [2.05, 4.69) is 29.9 Å². The molecule has 6 rings (SSSR count). The van der Waals surface area contributed by atoms with E-state index in [1.54, 1.807) is 55.0 Å². The number of pyridine rings is 6. The number of nitrogens with zero attached hydrogens (tertiary/aromatic N) is 6. The monoisotopic (exact) mass is 790 g/mol. The van der Waals surface area contributed by atoms with Gasteiger partial charge in [0.25, 0.3) is 0 Å². The summed E-state index contributed by atoms with van der Waals surface area (Å²) in [6, 6.07) is 24.6. The molecule has 0 aromatic carbocycles. The molecule has 6 heterocycles. The summed E-state index contributed by atoms with van der Waals surface area (Å²) in [5.74, 6) is -3.64. The number of carbonyl (C=O) groups excluding carboxylic acids is 3. The van der Waals surface area contributed by atoms with Crippen molar-refractivity contribution in [3.8, 4) is 34.2 Å². The fraction of sp³-hybridized carbons (Fsp3) is 0. The zero-order chi connectivity index (χ0) is 32.0. The van der Waals surface area contributed by atoms with Gasteiger partial charge in [-0.15, -0.1) is 0 Å². The Morgan fingerprint density at radius 2 is 0.630 bits per heavy atom. The van der Waals surface area contributed by atoms with Crippen LogP contribution in [0.4, 0.5) is 0 Å². The van der Waals surface area contributed by atoms with Gasteiger partial charge in [-0.3, -0.25) is 29.9 Å². The Balaban J connectivity index is 0.000000186. The maximum absolute atomic E-state index is 10.6. The Morgan fingerprint density at radius 3 is 0.848 bits per heavy atom. The second kappa shape index (κ2) is 17.3. The third kappa shape index (κ3) is 10.0. The standard InChI is InChI=1S/3C11H8N2O2.Ir/c3*14-11(15)8-4-6-13-10(7-8)9-3-1-2-5-12-9;/h3*1-7H,(H,14,15);/q;;;+3/p-3. The molecule has 0 unspecified atom stereocenters. The van der Waals surface area contributed by atoms with Gasteiger partial charge in [0, 0.05) is 53.9 Å². The maximum atomic E-state index is 10.6. The molecule has 228 valence electrons. The number of carbonyl (C=O) groups is 3. The van der Waals surface area contributed by atoms with Crippen molar-refractivity contribution >= 4 is 17.9 Å². The first-order valence-corrected chi connectivity index (χ1v) is 13.1. The van der Waals surface area contributed by atoms with E-state index in [0.29, 0.717) is 34.2 Å². The van der Waals surface area contributed by atoms with E-state index in [-0.39, 0.29) is 36.8 Å². The summed E-state index contributed by atoms with van der Waals surface area (Å²) >= 11 is 0. The van der Waals surface area contributed by atoms with E-state index >= 15 is 0 Å². The molecular weight excluding hydrogens is 769 g/mol. The molecule has 13 heteroatoms. The normalized spacial score (nSPS) is 9.65. The summed E-state index contributed by atoms with van der Waals surface area (Å²) in [5.41, 5.74) is 3.80. The molecule has 0 spiro atoms. The van der Waals surface area contributed by atoms with Gasteiger partial charge in [0.05, 0.1) is 52.1 Å². The molecule has 0 aliphatic rings. The summed E-state index contributed by atoms with van der Waals surface area (Å²) in [4.78, 5) is 56.2. The summed E-state index contributed by atoms with van der Waals surface area (Å²) in [5, 5.41) is 31.9. The summed E-state index contributed by atoms with van der Waals surface area (Å²) in [6.07, 6.45) is 9.16. The number of carboxylic acids is 3. The zero-order valence-electron chi connectivity index (χ0n) is 23.6. The molecule has 0 bridgehead atoms. The van der Waals surface area contributed by atoms with E-state index in [1.165, 1.54) is 55.0 Å². The van der Waals surface area contributed by atoms with Gasteiger partial charge in [0.15, 0.2) is 0 Å². The van der Waals surface area contributed by atoms with Gasteiger partial charge >= 0.3 is 20.1 Å². The van der Waals surface area contributed by atoms with Crippen LogP contribution in [0.5, 0.6) is 0 Å². The van der Waals surface area contributed by atoms with Crippen LogP contribution in [0.15, 0.2) is 128 Å². The van der Waals surface area contributed by atoms with Crippen molar-refractivity contribution in [3.63, 3.8) is 0 Å². The van der Waals surface area contributed by atoms with Gasteiger partial charge in [-0.2, -0.15) is 0 Å². The van der Waals surface area contributed by atoms with Crippen LogP contribution in [-0.4, -0.2) is 47.8 Å². The average molecular weight is 790 g/mol. The molecular formula is C33H21IrN6O6. The molecule has 0 aliphatic carbocycles. The summed E-state index contributed by atoms with van der Waals surface area (Å²) in [7, 11) is 0. The Morgan fingerprint density at radius 1 is 0.370 bits per heavy atom. The molecule has 0 amide bonds. The molecule has 0 saturated heterocycles. The Labute approximate surface area is 275 Å². The fourth-order valence-corrected chi connectivity index (χ4v) is 3.64. The van der Waals surface area contributed by atoms with Gasteiger partial charge < -0.3 is 29.7 Å². The first kappa shape index (κ1) is 34.4. The number of rotatable bonds is 6. The quantitative estimate of drug-likeness (QED) is 0.236. The minimum atomic E-state index is -1.21. The Hall–Kier alpha value is -6.04. The predicted octanol–water partition coefficient (Wildman–Crippen LogP) is 1.52. The van der Waals surface area contributed by atoms with E-state index in [9.17, 15) is 29.7 Å². The number of aromatic nitrogens is 6. The van der Waals surface area contributed by atoms with Crippen LogP contribution >= 0.6 is 0 Å². The Kier molecular flexibility index (Phi) is 13.0. The second-order valence-electron chi connectivity index (χ2n) is 8.80. The zero-order valence-corrected chi connectivity index (χ0v) is 26.0. The van der Waals surface area contributed by atoms with Gasteiger partial charge in [-0.25, -0.2) is 0 Å². The van der Waals surface area contributed by atoms with Crippen LogP contribution < -0.4 is 15.3 Å². The van der Waals surface area contributed by atoms with Gasteiger partial charge in [0.2, 0.25) is 0 Å². The van der Waals surface area contributed by atoms with Crippen molar-refractivity contribution < 1.29 is 49.8 Å². The number of carboxylic acid groups (broad SMARTS) is 3. The van der Waals surface area contributed by atoms with Crippen molar-refractivity contribution in [2.75, 3.05) is 0 Å². The van der Waals surface area contributed by atoms with Crippen molar-refractivity contribution in [1.82, 2.24) is 29.9 Å². The largest absolute Gasteiger partial charge is 3.00 e. The molecule has 0 saturated carbocycles. The molecule has 0 fully saturated rings. The van der Waals surface area contributed by atoms with E-state index in [1.807, 2.05) is 18.2 Å². The van der Waals surface area contributed by atoms with Crippen LogP contribution in [0.1, 0.15) is 31.1 Å². The van der Waals surface area contributed by atoms with Crippen LogP contribution in [0.25, 0.3) is 34.2 Å². The smallest absolute Gasteiger partial charge is 0.545 e. The van der Waals surface area contributed by atoms with Gasteiger partial charge in [-0.1, -0.05) is 18.2 Å². The Bertz CT molecular complexity index is 1680. The maximum Gasteiger partial charge on any atom is 3.00 e. The van der Waals surface area contributed by atoms with Crippen molar-refractivity contribution in [2.45, 2.75) is 0 Å². The molecule has 0 aliphatic heterocycles. The average Bonchev–Trinajstić information content (AvgIpc) is 3.10. The first-order valence-electron chi connectivity index (χ1n) is 13.1. The topological polar surface area (TPSA) is 198 Å². The van der Waals surface area contributed by atoms with Gasteiger partial charge in [-0.05, 0) is 72.8 Å². The molecule has 6 aromatic rings. The van der Waals surface area contributed by atoms with Crippen LogP contribution in [0, 0.1) is 0 Å². The van der Waals surface area contributed by atoms with Crippen molar-refractivity contribution in [2.24, 2.45) is 0 Å². The van der Waals surface area contributed by atoms with Crippen LogP contribution in [0.2, 0.25) is 0 Å². The minimum absolute atomic E-state index is 0. The second-order valence-corrected chi connectivity index (χ2v) is 8.80. The van der Waals surface area contributed by atoms with Crippen LogP contribution in [0.3, 0.4) is 0 Å². The van der Waals surface area contributed by atoms with E-state index in [0.717, 1.165) is 0 Å². The molecule has 0 atom stereocenters. The summed E-state index contributed by atoms with van der Waals surface area (Å²) in [6.45, 7) is 0. The van der Waals surface area contributed by atoms with E-state index < -0.39 is 17.9 Å². The predicted molar refractivity (Wildman–Crippen MR) is 155 cm³/mol. The van der Waals surface area contributed by atoms with Crippen molar-refractivity contribution in [1.29, 1.82) is 0 Å². The molecule has 46 heavy (non-hydrogen) atoms. The van der Waals surface area contributed by atoms with Crippen molar-refractivity contribution in [3.05, 3.63) is 145 Å². The van der Waals surface area contributed by atoms with Gasteiger partial charge in [0.1, 0.15) is 0 Å². The third-order valence-electron chi connectivity index (χ3n) is 5.77. The SMILES string of the molecule is O=C([O-])c1ccnc(-c2ccccn2)c1.O=C([O-])c1ccnc(-c2ccccn2)c1.O=C([O-])c1ccnc(-c2ccccn2)c1.[Ir+3]. The van der Waals surface area contributed by atoms with E-state index in [4.69, 9.17) is 0 Å². The molecule has 0 radical (unpaired) electrons. The minimum Gasteiger partial charge on any atom is -0.545 e. The van der Waals surface area contributed by atoms with Crippen LogP contribution in [-0.2, 0) is 20.1 Å². The fourth-order valence-electron chi connectivity index (χ4n) is 3.64. The number of aromatic carboxylic acids is 3. The molecule has 6 aromatic heterocycles. The number of hydrogen-bond donors (Lipinski definition) is 0. The molecule has 12 nitrogen and oxygen atoms in total. The third-order valence-corrected chi connectivity index (χ3v) is 5.77.